The molecule has 0 aliphatic carbocycles. The van der Waals surface area contributed by atoms with E-state index in [-0.39, 0.29) is 11.0 Å². The van der Waals surface area contributed by atoms with E-state index in [4.69, 9.17) is 9.47 Å². The van der Waals surface area contributed by atoms with E-state index in [2.05, 4.69) is 0 Å². The molecule has 7 nitrogen and oxygen atoms in total. The third-order valence-corrected chi connectivity index (χ3v) is 7.70. The van der Waals surface area contributed by atoms with E-state index in [1.165, 1.54) is 24.3 Å². The predicted molar refractivity (Wildman–Crippen MR) is 128 cm³/mol. The van der Waals surface area contributed by atoms with Crippen molar-refractivity contribution in [3.05, 3.63) is 53.6 Å². The standard InChI is InChI=1S/C25H29F3N2O5S/c1-36(32,33)21-6-7-24(35-20-8-14-34-15-9-20)22(16-21)23(17-31)30-12-10-29(11-13-30)19-4-2-18(3-5-19)25(26,27)28/h2-7,16-17,20,23H,8-15H2,1H3. The van der Waals surface area contributed by atoms with E-state index in [0.29, 0.717) is 69.2 Å². The number of hydrogen-bond acceptors (Lipinski definition) is 7. The molecule has 2 aliphatic heterocycles. The summed E-state index contributed by atoms with van der Waals surface area (Å²) < 4.78 is 74.7. The molecule has 36 heavy (non-hydrogen) atoms. The minimum atomic E-state index is -4.39. The number of carbonyl (C=O) groups excluding carboxylic acids is 1. The molecule has 2 fully saturated rings. The summed E-state index contributed by atoms with van der Waals surface area (Å²) in [6.45, 7) is 3.07. The van der Waals surface area contributed by atoms with Crippen LogP contribution in [0.3, 0.4) is 0 Å². The highest BCUT2D eigenvalue weighted by atomic mass is 32.2. The molecule has 2 aliphatic rings. The third kappa shape index (κ3) is 6.19. The minimum absolute atomic E-state index is 0.0922. The fourth-order valence-corrected chi connectivity index (χ4v) is 5.20. The number of hydrogen-bond donors (Lipinski definition) is 0. The minimum Gasteiger partial charge on any atom is -0.490 e. The Morgan fingerprint density at radius 2 is 1.67 bits per heavy atom. The molecule has 11 heteroatoms. The Morgan fingerprint density at radius 3 is 2.22 bits per heavy atom. The summed E-state index contributed by atoms with van der Waals surface area (Å²) in [5.41, 5.74) is 0.462. The van der Waals surface area contributed by atoms with Crippen LogP contribution in [0.2, 0.25) is 0 Å². The summed E-state index contributed by atoms with van der Waals surface area (Å²) in [6.07, 6.45) is -1.18. The van der Waals surface area contributed by atoms with Gasteiger partial charge in [0.15, 0.2) is 9.84 Å². The largest absolute Gasteiger partial charge is 0.490 e. The van der Waals surface area contributed by atoms with Gasteiger partial charge in [0, 0.05) is 56.5 Å². The summed E-state index contributed by atoms with van der Waals surface area (Å²) >= 11 is 0. The van der Waals surface area contributed by atoms with Crippen LogP contribution in [0, 0.1) is 0 Å². The van der Waals surface area contributed by atoms with E-state index in [1.54, 1.807) is 6.07 Å². The number of piperazine rings is 1. The van der Waals surface area contributed by atoms with Gasteiger partial charge in [-0.3, -0.25) is 4.90 Å². The summed E-state index contributed by atoms with van der Waals surface area (Å²) in [4.78, 5) is 16.3. The van der Waals surface area contributed by atoms with Gasteiger partial charge >= 0.3 is 6.18 Å². The monoisotopic (exact) mass is 526 g/mol. The first-order chi connectivity index (χ1) is 17.1. The zero-order valence-corrected chi connectivity index (χ0v) is 20.7. The van der Waals surface area contributed by atoms with Gasteiger partial charge < -0.3 is 19.2 Å². The van der Waals surface area contributed by atoms with Crippen molar-refractivity contribution in [2.75, 3.05) is 50.5 Å². The first-order valence-electron chi connectivity index (χ1n) is 11.8. The van der Waals surface area contributed by atoms with Crippen molar-refractivity contribution in [3.8, 4) is 5.75 Å². The number of sulfone groups is 1. The Hall–Kier alpha value is -2.63. The van der Waals surface area contributed by atoms with Gasteiger partial charge in [-0.05, 0) is 42.5 Å². The lowest BCUT2D eigenvalue weighted by Crippen LogP contribution is -2.48. The van der Waals surface area contributed by atoms with E-state index >= 15 is 0 Å². The molecule has 2 saturated heterocycles. The maximum absolute atomic E-state index is 12.9. The molecule has 1 unspecified atom stereocenters. The second-order valence-electron chi connectivity index (χ2n) is 9.05. The Bertz CT molecular complexity index is 1160. The van der Waals surface area contributed by atoms with E-state index < -0.39 is 27.6 Å². The maximum atomic E-state index is 12.9. The van der Waals surface area contributed by atoms with Crippen LogP contribution < -0.4 is 9.64 Å². The quantitative estimate of drug-likeness (QED) is 0.509. The van der Waals surface area contributed by atoms with Gasteiger partial charge in [-0.1, -0.05) is 0 Å². The summed E-state index contributed by atoms with van der Waals surface area (Å²) in [7, 11) is -3.50. The molecule has 196 valence electrons. The van der Waals surface area contributed by atoms with Crippen LogP contribution in [0.5, 0.6) is 5.75 Å². The first kappa shape index (κ1) is 26.4. The Kier molecular flexibility index (Phi) is 7.91. The van der Waals surface area contributed by atoms with Crippen molar-refractivity contribution in [3.63, 3.8) is 0 Å². The molecule has 1 atom stereocenters. The SMILES string of the molecule is CS(=O)(=O)c1ccc(OC2CCOCC2)c(C(C=O)N2CCN(c3ccc(C(F)(F)F)cc3)CC2)c1. The molecule has 2 aromatic carbocycles. The molecule has 0 amide bonds. The Labute approximate surface area is 208 Å². The lowest BCUT2D eigenvalue weighted by atomic mass is 10.0. The summed E-state index contributed by atoms with van der Waals surface area (Å²) in [5, 5.41) is 0. The fraction of sp³-hybridized carbons (Fsp3) is 0.480. The predicted octanol–water partition coefficient (Wildman–Crippen LogP) is 3.73. The maximum Gasteiger partial charge on any atom is 0.416 e. The third-order valence-electron chi connectivity index (χ3n) is 6.59. The molecule has 0 spiro atoms. The molecular weight excluding hydrogens is 497 g/mol. The molecule has 0 bridgehead atoms. The van der Waals surface area contributed by atoms with Crippen molar-refractivity contribution in [1.82, 2.24) is 4.90 Å². The number of alkyl halides is 3. The second-order valence-corrected chi connectivity index (χ2v) is 11.1. The zero-order chi connectivity index (χ0) is 25.9. The van der Waals surface area contributed by atoms with Crippen LogP contribution in [-0.4, -0.2) is 71.4 Å². The summed E-state index contributed by atoms with van der Waals surface area (Å²) in [5.74, 6) is 0.469. The number of rotatable bonds is 7. The average Bonchev–Trinajstić information content (AvgIpc) is 2.85. The molecule has 2 aromatic rings. The Morgan fingerprint density at radius 1 is 1.03 bits per heavy atom. The Balaban J connectivity index is 1.53. The van der Waals surface area contributed by atoms with Crippen LogP contribution in [0.1, 0.15) is 30.0 Å². The number of ether oxygens (including phenoxy) is 2. The smallest absolute Gasteiger partial charge is 0.416 e. The zero-order valence-electron chi connectivity index (χ0n) is 19.9. The van der Waals surface area contributed by atoms with Crippen LogP contribution in [-0.2, 0) is 25.5 Å². The second kappa shape index (κ2) is 10.8. The van der Waals surface area contributed by atoms with Crippen LogP contribution >= 0.6 is 0 Å². The topological polar surface area (TPSA) is 76.2 Å². The van der Waals surface area contributed by atoms with E-state index in [1.807, 2.05) is 9.80 Å². The first-order valence-corrected chi connectivity index (χ1v) is 13.7. The van der Waals surface area contributed by atoms with Crippen molar-refractivity contribution >= 4 is 21.8 Å². The number of carbonyl (C=O) groups is 1. The van der Waals surface area contributed by atoms with Gasteiger partial charge in [0.05, 0.1) is 29.7 Å². The van der Waals surface area contributed by atoms with Gasteiger partial charge in [-0.2, -0.15) is 13.2 Å². The normalized spacial score (nSPS) is 19.2. The van der Waals surface area contributed by atoms with Crippen molar-refractivity contribution < 1.29 is 35.9 Å². The highest BCUT2D eigenvalue weighted by molar-refractivity contribution is 7.90. The van der Waals surface area contributed by atoms with Gasteiger partial charge in [0.25, 0.3) is 0 Å². The van der Waals surface area contributed by atoms with Gasteiger partial charge in [0.1, 0.15) is 18.1 Å². The lowest BCUT2D eigenvalue weighted by molar-refractivity contribution is -0.137. The number of benzene rings is 2. The molecule has 0 radical (unpaired) electrons. The molecule has 0 saturated carbocycles. The van der Waals surface area contributed by atoms with E-state index in [9.17, 15) is 26.4 Å². The van der Waals surface area contributed by atoms with E-state index in [0.717, 1.165) is 24.7 Å². The number of anilines is 1. The van der Waals surface area contributed by atoms with Crippen molar-refractivity contribution in [2.24, 2.45) is 0 Å². The van der Waals surface area contributed by atoms with Gasteiger partial charge in [-0.15, -0.1) is 0 Å². The highest BCUT2D eigenvalue weighted by Gasteiger charge is 2.32. The number of nitrogens with zero attached hydrogens (tertiary/aromatic N) is 2. The molecule has 4 rings (SSSR count). The van der Waals surface area contributed by atoms with Crippen molar-refractivity contribution in [1.29, 1.82) is 0 Å². The number of halogens is 3. The van der Waals surface area contributed by atoms with Crippen LogP contribution in [0.15, 0.2) is 47.4 Å². The van der Waals surface area contributed by atoms with Gasteiger partial charge in [-0.25, -0.2) is 8.42 Å². The van der Waals surface area contributed by atoms with Crippen LogP contribution in [0.25, 0.3) is 0 Å². The van der Waals surface area contributed by atoms with Crippen LogP contribution in [0.4, 0.5) is 18.9 Å². The van der Waals surface area contributed by atoms with Crippen molar-refractivity contribution in [2.45, 2.75) is 36.1 Å². The molecular formula is C25H29F3N2O5S. The molecule has 0 aromatic heterocycles. The summed E-state index contributed by atoms with van der Waals surface area (Å²) in [6, 6.07) is 8.89. The molecule has 0 N–H and O–H groups in total. The molecule has 2 heterocycles. The average molecular weight is 527 g/mol. The lowest BCUT2D eigenvalue weighted by Gasteiger charge is -2.39. The van der Waals surface area contributed by atoms with Gasteiger partial charge in [0.2, 0.25) is 0 Å². The highest BCUT2D eigenvalue weighted by Crippen LogP contribution is 2.34. The number of aldehydes is 1. The fourth-order valence-electron chi connectivity index (χ4n) is 4.54.